The molecule has 0 saturated heterocycles. The maximum absolute atomic E-state index is 13.7. The molecule has 2 aromatic carbocycles. The fraction of sp³-hybridized carbons (Fsp3) is 0.190. The molecule has 9 heteroatoms. The molecule has 1 atom stereocenters. The number of nitrogens with zero attached hydrogens (tertiary/aromatic N) is 3. The molecule has 30 heavy (non-hydrogen) atoms. The van der Waals surface area contributed by atoms with Gasteiger partial charge >= 0.3 is 0 Å². The third-order valence-electron chi connectivity index (χ3n) is 3.86. The van der Waals surface area contributed by atoms with E-state index in [0.29, 0.717) is 17.1 Å². The molecule has 3 rings (SSSR count). The normalized spacial score (nSPS) is 12.4. The lowest BCUT2D eigenvalue weighted by Crippen LogP contribution is -2.03. The molecule has 7 nitrogen and oxygen atoms in total. The number of benzene rings is 2. The summed E-state index contributed by atoms with van der Waals surface area (Å²) in [5.41, 5.74) is 1.96. The van der Waals surface area contributed by atoms with Crippen LogP contribution in [0.4, 0.5) is 16.0 Å². The first-order valence-electron chi connectivity index (χ1n) is 8.93. The van der Waals surface area contributed by atoms with E-state index in [1.807, 2.05) is 12.1 Å². The number of halogens is 1. The number of hydrogen-bond acceptors (Lipinski definition) is 7. The van der Waals surface area contributed by atoms with Crippen LogP contribution < -0.4 is 10.1 Å². The molecule has 0 bridgehead atoms. The minimum absolute atomic E-state index is 0.118. The highest BCUT2D eigenvalue weighted by molar-refractivity contribution is 7.90. The molecule has 0 amide bonds. The van der Waals surface area contributed by atoms with Crippen molar-refractivity contribution in [3.8, 4) is 29.0 Å². The first kappa shape index (κ1) is 21.2. The van der Waals surface area contributed by atoms with Crippen LogP contribution in [-0.4, -0.2) is 32.0 Å². The topological polar surface area (TPSA) is 101 Å². The van der Waals surface area contributed by atoms with Gasteiger partial charge in [-0.1, -0.05) is 18.1 Å². The minimum Gasteiger partial charge on any atom is -0.480 e. The van der Waals surface area contributed by atoms with E-state index in [9.17, 15) is 8.60 Å². The summed E-state index contributed by atoms with van der Waals surface area (Å²) in [6.07, 6.45) is 2.75. The Hall–Kier alpha value is -3.51. The van der Waals surface area contributed by atoms with Crippen LogP contribution in [0.2, 0.25) is 0 Å². The molecule has 0 fully saturated rings. The van der Waals surface area contributed by atoms with Gasteiger partial charge < -0.3 is 10.1 Å². The number of anilines is 2. The van der Waals surface area contributed by atoms with Crippen LogP contribution in [-0.2, 0) is 15.5 Å². The first-order valence-corrected chi connectivity index (χ1v) is 11.1. The monoisotopic (exact) mass is 425 g/mol. The van der Waals surface area contributed by atoms with Crippen molar-refractivity contribution in [3.63, 3.8) is 0 Å². The van der Waals surface area contributed by atoms with Crippen LogP contribution >= 0.6 is 0 Å². The minimum atomic E-state index is -2.65. The Balaban J connectivity index is 1.87. The van der Waals surface area contributed by atoms with Crippen LogP contribution in [0.3, 0.4) is 0 Å². The number of rotatable bonds is 7. The SMILES string of the molecule is CC#CCOc1cc(F)ccc1-c1ncnc(Nc2cccc(CS(C)(=N)=O)c2)n1. The van der Waals surface area contributed by atoms with E-state index in [1.165, 1.54) is 30.8 Å². The van der Waals surface area contributed by atoms with Gasteiger partial charge in [0, 0.05) is 27.7 Å². The Labute approximate surface area is 174 Å². The van der Waals surface area contributed by atoms with Gasteiger partial charge in [-0.25, -0.2) is 18.6 Å². The summed E-state index contributed by atoms with van der Waals surface area (Å²) < 4.78 is 38.6. The van der Waals surface area contributed by atoms with E-state index in [-0.39, 0.29) is 24.1 Å². The van der Waals surface area contributed by atoms with Gasteiger partial charge in [-0.2, -0.15) is 4.98 Å². The lowest BCUT2D eigenvalue weighted by molar-refractivity contribution is 0.369. The Morgan fingerprint density at radius 3 is 2.83 bits per heavy atom. The molecule has 2 N–H and O–H groups in total. The summed E-state index contributed by atoms with van der Waals surface area (Å²) in [7, 11) is -2.65. The largest absolute Gasteiger partial charge is 0.480 e. The number of aromatic nitrogens is 3. The van der Waals surface area contributed by atoms with E-state index >= 15 is 0 Å². The third-order valence-corrected chi connectivity index (χ3v) is 4.74. The van der Waals surface area contributed by atoms with Crippen molar-refractivity contribution in [2.75, 3.05) is 18.2 Å². The van der Waals surface area contributed by atoms with Gasteiger partial charge in [0.1, 0.15) is 24.5 Å². The van der Waals surface area contributed by atoms with Crippen LogP contribution in [0.5, 0.6) is 5.75 Å². The van der Waals surface area contributed by atoms with Crippen LogP contribution in [0.1, 0.15) is 12.5 Å². The van der Waals surface area contributed by atoms with Crippen molar-refractivity contribution >= 4 is 21.4 Å². The van der Waals surface area contributed by atoms with Crippen LogP contribution in [0, 0.1) is 22.4 Å². The molecule has 3 aromatic rings. The molecule has 0 aliphatic rings. The number of ether oxygens (including phenoxy) is 1. The Bertz CT molecular complexity index is 1220. The first-order chi connectivity index (χ1) is 14.3. The predicted octanol–water partition coefficient (Wildman–Crippen LogP) is 4.00. The molecule has 0 spiro atoms. The summed E-state index contributed by atoms with van der Waals surface area (Å²) in [6, 6.07) is 11.3. The standard InChI is InChI=1S/C21H20FN5O2S/c1-3-4-10-29-19-12-16(22)8-9-18(19)20-24-14-25-21(27-20)26-17-7-5-6-15(11-17)13-30(2,23)28/h5-9,11-12,14,23H,10,13H2,1-2H3,(H,24,25,26,27). The van der Waals surface area contributed by atoms with E-state index in [4.69, 9.17) is 9.52 Å². The summed E-state index contributed by atoms with van der Waals surface area (Å²) in [6.45, 7) is 1.81. The molecule has 1 heterocycles. The maximum Gasteiger partial charge on any atom is 0.230 e. The zero-order chi connectivity index (χ0) is 21.6. The van der Waals surface area contributed by atoms with E-state index in [0.717, 1.165) is 5.56 Å². The molecule has 1 unspecified atom stereocenters. The second kappa shape index (κ2) is 9.33. The van der Waals surface area contributed by atoms with Gasteiger partial charge in [-0.15, -0.1) is 5.92 Å². The summed E-state index contributed by atoms with van der Waals surface area (Å²) in [4.78, 5) is 12.7. The molecule has 0 saturated carbocycles. The second-order valence-electron chi connectivity index (χ2n) is 6.46. The van der Waals surface area contributed by atoms with Crippen molar-refractivity contribution in [2.24, 2.45) is 0 Å². The molecule has 1 aromatic heterocycles. The second-order valence-corrected chi connectivity index (χ2v) is 8.76. The predicted molar refractivity (Wildman–Crippen MR) is 114 cm³/mol. The number of nitrogens with one attached hydrogen (secondary N) is 2. The van der Waals surface area contributed by atoms with E-state index in [1.54, 1.807) is 19.1 Å². The average molecular weight is 425 g/mol. The lowest BCUT2D eigenvalue weighted by Gasteiger charge is -2.11. The lowest BCUT2D eigenvalue weighted by atomic mass is 10.2. The summed E-state index contributed by atoms with van der Waals surface area (Å²) >= 11 is 0. The molecule has 0 radical (unpaired) electrons. The average Bonchev–Trinajstić information content (AvgIpc) is 2.67. The van der Waals surface area contributed by atoms with Gasteiger partial charge in [-0.3, -0.25) is 4.78 Å². The van der Waals surface area contributed by atoms with Crippen molar-refractivity contribution in [3.05, 3.63) is 60.2 Å². The molecule has 0 aliphatic heterocycles. The third kappa shape index (κ3) is 5.99. The van der Waals surface area contributed by atoms with Crippen LogP contribution in [0.25, 0.3) is 11.4 Å². The fourth-order valence-electron chi connectivity index (χ4n) is 2.66. The van der Waals surface area contributed by atoms with Gasteiger partial charge in [-0.05, 0) is 36.8 Å². The van der Waals surface area contributed by atoms with E-state index in [2.05, 4.69) is 32.1 Å². The number of hydrogen-bond donors (Lipinski definition) is 2. The Morgan fingerprint density at radius 1 is 1.23 bits per heavy atom. The highest BCUT2D eigenvalue weighted by Gasteiger charge is 2.12. The van der Waals surface area contributed by atoms with Crippen molar-refractivity contribution in [1.29, 1.82) is 4.78 Å². The van der Waals surface area contributed by atoms with E-state index < -0.39 is 15.5 Å². The summed E-state index contributed by atoms with van der Waals surface area (Å²) in [5.74, 6) is 6.07. The van der Waals surface area contributed by atoms with Crippen LogP contribution in [0.15, 0.2) is 48.8 Å². The van der Waals surface area contributed by atoms with Gasteiger partial charge in [0.2, 0.25) is 5.95 Å². The zero-order valence-electron chi connectivity index (χ0n) is 16.5. The highest BCUT2D eigenvalue weighted by Crippen LogP contribution is 2.29. The zero-order valence-corrected chi connectivity index (χ0v) is 17.3. The van der Waals surface area contributed by atoms with Crippen molar-refractivity contribution < 1.29 is 13.3 Å². The van der Waals surface area contributed by atoms with Gasteiger partial charge in [0.25, 0.3) is 0 Å². The van der Waals surface area contributed by atoms with Crippen molar-refractivity contribution in [2.45, 2.75) is 12.7 Å². The Morgan fingerprint density at radius 2 is 2.07 bits per heavy atom. The summed E-state index contributed by atoms with van der Waals surface area (Å²) in [5, 5.41) is 3.07. The van der Waals surface area contributed by atoms with Crippen molar-refractivity contribution in [1.82, 2.24) is 15.0 Å². The maximum atomic E-state index is 13.7. The fourth-order valence-corrected chi connectivity index (χ4v) is 3.47. The van der Waals surface area contributed by atoms with Gasteiger partial charge in [0.05, 0.1) is 11.3 Å². The highest BCUT2D eigenvalue weighted by atomic mass is 32.2. The molecule has 154 valence electrons. The Kier molecular flexibility index (Phi) is 6.59. The van der Waals surface area contributed by atoms with Gasteiger partial charge in [0.15, 0.2) is 5.82 Å². The quantitative estimate of drug-likeness (QED) is 0.555. The molecule has 0 aliphatic carbocycles. The molecular weight excluding hydrogens is 405 g/mol. The molecular formula is C21H20FN5O2S. The smallest absolute Gasteiger partial charge is 0.230 e.